The Hall–Kier alpha value is -2.57. The second kappa shape index (κ2) is 8.63. The highest BCUT2D eigenvalue weighted by Gasteiger charge is 2.29. The third kappa shape index (κ3) is 4.64. The minimum absolute atomic E-state index is 0.000829. The molecule has 0 bridgehead atoms. The molecule has 28 heavy (non-hydrogen) atoms. The van der Waals surface area contributed by atoms with E-state index in [1.807, 2.05) is 13.8 Å². The number of ether oxygens (including phenoxy) is 1. The molecule has 0 saturated heterocycles. The first kappa shape index (κ1) is 20.2. The number of carbonyl (C=O) groups is 3. The Bertz CT molecular complexity index is 756. The number of rotatable bonds is 5. The monoisotopic (exact) mass is 387 g/mol. The second-order valence-electron chi connectivity index (χ2n) is 8.01. The number of benzene rings is 1. The molecular weight excluding hydrogens is 358 g/mol. The number of amides is 3. The Balaban J connectivity index is 1.66. The highest BCUT2D eigenvalue weighted by Crippen LogP contribution is 2.32. The van der Waals surface area contributed by atoms with E-state index in [9.17, 15) is 14.4 Å². The lowest BCUT2D eigenvalue weighted by Gasteiger charge is -2.27. The maximum absolute atomic E-state index is 12.8. The van der Waals surface area contributed by atoms with Crippen LogP contribution in [0.1, 0.15) is 52.9 Å². The van der Waals surface area contributed by atoms with Gasteiger partial charge in [-0.1, -0.05) is 33.1 Å². The molecule has 1 aliphatic carbocycles. The largest absolute Gasteiger partial charge is 0.479 e. The van der Waals surface area contributed by atoms with Gasteiger partial charge < -0.3 is 20.7 Å². The Morgan fingerprint density at radius 3 is 2.57 bits per heavy atom. The van der Waals surface area contributed by atoms with Crippen molar-refractivity contribution in [3.63, 3.8) is 0 Å². The van der Waals surface area contributed by atoms with Crippen LogP contribution >= 0.6 is 0 Å². The molecule has 152 valence electrons. The molecule has 7 nitrogen and oxygen atoms in total. The van der Waals surface area contributed by atoms with Crippen LogP contribution < -0.4 is 20.7 Å². The summed E-state index contributed by atoms with van der Waals surface area (Å²) >= 11 is 0. The molecule has 0 aromatic heterocycles. The van der Waals surface area contributed by atoms with Crippen LogP contribution in [-0.4, -0.2) is 29.9 Å². The van der Waals surface area contributed by atoms with Crippen LogP contribution in [0, 0.1) is 11.8 Å². The van der Waals surface area contributed by atoms with Gasteiger partial charge in [0, 0.05) is 11.6 Å². The first-order chi connectivity index (χ1) is 13.3. The fourth-order valence-corrected chi connectivity index (χ4v) is 3.68. The minimum atomic E-state index is -0.615. The third-order valence-electron chi connectivity index (χ3n) is 5.40. The number of carbonyl (C=O) groups excluding carboxylic acids is 3. The maximum atomic E-state index is 12.8. The normalized spacial score (nSPS) is 20.6. The van der Waals surface area contributed by atoms with E-state index in [-0.39, 0.29) is 29.6 Å². The molecule has 3 N–H and O–H groups in total. The molecule has 3 rings (SSSR count). The molecule has 7 heteroatoms. The van der Waals surface area contributed by atoms with Crippen molar-refractivity contribution < 1.29 is 19.1 Å². The van der Waals surface area contributed by atoms with Gasteiger partial charge in [-0.2, -0.15) is 0 Å². The van der Waals surface area contributed by atoms with E-state index < -0.39 is 12.1 Å². The van der Waals surface area contributed by atoms with E-state index in [0.717, 1.165) is 25.7 Å². The quantitative estimate of drug-likeness (QED) is 0.723. The lowest BCUT2D eigenvalue weighted by Crippen LogP contribution is -2.49. The standard InChI is InChI=1S/C21H29N3O4/c1-12(2)18(24-20(26)14-7-5-4-6-8-14)21(27)22-15-9-10-17-16(11-15)23-19(25)13(3)28-17/h9-14,18H,4-8H2,1-3H3,(H,22,27)(H,23,25)(H,24,26)/t13-,18-/m1/s1. The number of hydrogen-bond acceptors (Lipinski definition) is 4. The summed E-state index contributed by atoms with van der Waals surface area (Å²) < 4.78 is 5.53. The fraction of sp³-hybridized carbons (Fsp3) is 0.571. The summed E-state index contributed by atoms with van der Waals surface area (Å²) in [5.74, 6) is -0.00832. The number of fused-ring (bicyclic) bond motifs is 1. The highest BCUT2D eigenvalue weighted by atomic mass is 16.5. The number of hydrogen-bond donors (Lipinski definition) is 3. The summed E-state index contributed by atoms with van der Waals surface area (Å²) in [6.07, 6.45) is 4.54. The molecule has 1 aromatic carbocycles. The molecule has 1 saturated carbocycles. The Morgan fingerprint density at radius 2 is 1.89 bits per heavy atom. The van der Waals surface area contributed by atoms with Crippen LogP contribution in [0.5, 0.6) is 5.75 Å². The average molecular weight is 387 g/mol. The Morgan fingerprint density at radius 1 is 1.18 bits per heavy atom. The molecule has 0 radical (unpaired) electrons. The summed E-state index contributed by atoms with van der Waals surface area (Å²) in [5.41, 5.74) is 1.06. The SMILES string of the molecule is CC(C)[C@@H](NC(=O)C1CCCCC1)C(=O)Nc1ccc2c(c1)NC(=O)[C@@H](C)O2. The molecule has 1 heterocycles. The van der Waals surface area contributed by atoms with Crippen molar-refractivity contribution in [2.24, 2.45) is 11.8 Å². The van der Waals surface area contributed by atoms with Gasteiger partial charge in [0.25, 0.3) is 5.91 Å². The number of anilines is 2. The zero-order valence-corrected chi connectivity index (χ0v) is 16.7. The lowest BCUT2D eigenvalue weighted by atomic mass is 9.88. The van der Waals surface area contributed by atoms with E-state index in [1.165, 1.54) is 6.42 Å². The topological polar surface area (TPSA) is 96.5 Å². The fourth-order valence-electron chi connectivity index (χ4n) is 3.68. The summed E-state index contributed by atoms with van der Waals surface area (Å²) in [6.45, 7) is 5.50. The van der Waals surface area contributed by atoms with Crippen LogP contribution in [0.2, 0.25) is 0 Å². The summed E-state index contributed by atoms with van der Waals surface area (Å²) in [6, 6.07) is 4.49. The molecular formula is C21H29N3O4. The molecule has 1 aliphatic heterocycles. The molecule has 2 aliphatic rings. The van der Waals surface area contributed by atoms with E-state index in [4.69, 9.17) is 4.74 Å². The maximum Gasteiger partial charge on any atom is 0.265 e. The first-order valence-electron chi connectivity index (χ1n) is 10.1. The summed E-state index contributed by atoms with van der Waals surface area (Å²) in [7, 11) is 0. The van der Waals surface area contributed by atoms with Crippen molar-refractivity contribution in [1.82, 2.24) is 5.32 Å². The van der Waals surface area contributed by atoms with Crippen LogP contribution in [0.3, 0.4) is 0 Å². The van der Waals surface area contributed by atoms with Gasteiger partial charge in [0.05, 0.1) is 5.69 Å². The molecule has 3 amide bonds. The van der Waals surface area contributed by atoms with Crippen LogP contribution in [0.15, 0.2) is 18.2 Å². The van der Waals surface area contributed by atoms with Gasteiger partial charge in [-0.3, -0.25) is 14.4 Å². The van der Waals surface area contributed by atoms with Gasteiger partial charge in [0.15, 0.2) is 6.10 Å². The van der Waals surface area contributed by atoms with Gasteiger partial charge in [-0.15, -0.1) is 0 Å². The Labute approximate surface area is 165 Å². The molecule has 2 atom stereocenters. The third-order valence-corrected chi connectivity index (χ3v) is 5.40. The molecule has 0 spiro atoms. The van der Waals surface area contributed by atoms with Gasteiger partial charge in [-0.25, -0.2) is 0 Å². The van der Waals surface area contributed by atoms with Crippen molar-refractivity contribution >= 4 is 29.1 Å². The predicted molar refractivity (Wildman–Crippen MR) is 107 cm³/mol. The van der Waals surface area contributed by atoms with Crippen molar-refractivity contribution in [2.45, 2.75) is 65.0 Å². The van der Waals surface area contributed by atoms with Gasteiger partial charge >= 0.3 is 0 Å². The lowest BCUT2D eigenvalue weighted by molar-refractivity contribution is -0.130. The van der Waals surface area contributed by atoms with Crippen molar-refractivity contribution in [3.8, 4) is 5.75 Å². The van der Waals surface area contributed by atoms with Crippen molar-refractivity contribution in [3.05, 3.63) is 18.2 Å². The van der Waals surface area contributed by atoms with Gasteiger partial charge in [0.2, 0.25) is 11.8 Å². The van der Waals surface area contributed by atoms with E-state index in [0.29, 0.717) is 17.1 Å². The first-order valence-corrected chi connectivity index (χ1v) is 10.1. The zero-order valence-electron chi connectivity index (χ0n) is 16.7. The molecule has 1 aromatic rings. The van der Waals surface area contributed by atoms with Crippen LogP contribution in [-0.2, 0) is 14.4 Å². The average Bonchev–Trinajstić information content (AvgIpc) is 2.67. The van der Waals surface area contributed by atoms with Crippen molar-refractivity contribution in [2.75, 3.05) is 10.6 Å². The van der Waals surface area contributed by atoms with Gasteiger partial charge in [-0.05, 0) is 43.9 Å². The smallest absolute Gasteiger partial charge is 0.265 e. The van der Waals surface area contributed by atoms with Crippen LogP contribution in [0.4, 0.5) is 11.4 Å². The van der Waals surface area contributed by atoms with Crippen LogP contribution in [0.25, 0.3) is 0 Å². The Kier molecular flexibility index (Phi) is 6.21. The number of nitrogens with one attached hydrogen (secondary N) is 3. The minimum Gasteiger partial charge on any atom is -0.479 e. The second-order valence-corrected chi connectivity index (χ2v) is 8.01. The molecule has 0 unspecified atom stereocenters. The zero-order chi connectivity index (χ0) is 20.3. The van der Waals surface area contributed by atoms with E-state index in [2.05, 4.69) is 16.0 Å². The van der Waals surface area contributed by atoms with E-state index in [1.54, 1.807) is 25.1 Å². The van der Waals surface area contributed by atoms with E-state index >= 15 is 0 Å². The van der Waals surface area contributed by atoms with Gasteiger partial charge in [0.1, 0.15) is 11.8 Å². The highest BCUT2D eigenvalue weighted by molar-refractivity contribution is 6.00. The summed E-state index contributed by atoms with van der Waals surface area (Å²) in [4.78, 5) is 37.2. The summed E-state index contributed by atoms with van der Waals surface area (Å²) in [5, 5.41) is 8.55. The molecule has 1 fully saturated rings. The van der Waals surface area contributed by atoms with Crippen molar-refractivity contribution in [1.29, 1.82) is 0 Å². The predicted octanol–water partition coefficient (Wildman–Crippen LogP) is 3.07.